The van der Waals surface area contributed by atoms with Gasteiger partial charge in [0, 0.05) is 10.4 Å². The molecule has 0 saturated carbocycles. The first-order valence-electron chi connectivity index (χ1n) is 8.85. The first kappa shape index (κ1) is 18.8. The molecule has 3 aromatic rings. The van der Waals surface area contributed by atoms with Gasteiger partial charge < -0.3 is 4.74 Å². The van der Waals surface area contributed by atoms with Gasteiger partial charge in [0.05, 0.1) is 28.4 Å². The highest BCUT2D eigenvalue weighted by Crippen LogP contribution is 2.44. The van der Waals surface area contributed by atoms with Gasteiger partial charge in [-0.1, -0.05) is 45.1 Å². The molecule has 0 aliphatic heterocycles. The summed E-state index contributed by atoms with van der Waals surface area (Å²) in [4.78, 5) is 1.19. The average Bonchev–Trinajstić information content (AvgIpc) is 3.30. The van der Waals surface area contributed by atoms with Crippen LogP contribution >= 0.6 is 39.0 Å². The summed E-state index contributed by atoms with van der Waals surface area (Å²) < 4.78 is 16.3. The second kappa shape index (κ2) is 9.10. The van der Waals surface area contributed by atoms with E-state index in [-0.39, 0.29) is 0 Å². The highest BCUT2D eigenvalue weighted by Gasteiger charge is 2.21. The van der Waals surface area contributed by atoms with E-state index < -0.39 is 0 Å². The number of hydrogen-bond acceptors (Lipinski definition) is 5. The number of halogens is 1. The number of thiophene rings is 1. The number of fused-ring (bicyclic) bond motifs is 1. The van der Waals surface area contributed by atoms with Gasteiger partial charge in [-0.3, -0.25) is 0 Å². The molecule has 0 aliphatic rings. The van der Waals surface area contributed by atoms with E-state index >= 15 is 0 Å². The molecule has 0 spiro atoms. The maximum atomic E-state index is 6.27. The van der Waals surface area contributed by atoms with Crippen molar-refractivity contribution in [2.24, 2.45) is 0 Å². The monoisotopic (exact) mass is 438 g/mol. The van der Waals surface area contributed by atoms with Crippen LogP contribution in [-0.4, -0.2) is 15.4 Å². The first-order valence-corrected chi connectivity index (χ1v) is 11.2. The second-order valence-corrected chi connectivity index (χ2v) is 8.47. The lowest BCUT2D eigenvalue weighted by Gasteiger charge is -2.15. The number of rotatable bonds is 9. The van der Waals surface area contributed by atoms with Crippen molar-refractivity contribution in [2.75, 3.05) is 6.61 Å². The van der Waals surface area contributed by atoms with E-state index in [1.165, 1.54) is 48.7 Å². The number of aromatic nitrogens is 2. The Labute approximate surface area is 165 Å². The maximum Gasteiger partial charge on any atom is 0.134 e. The van der Waals surface area contributed by atoms with E-state index in [1.54, 1.807) is 11.3 Å². The molecule has 0 bridgehead atoms. The predicted octanol–water partition coefficient (Wildman–Crippen LogP) is 7.23. The van der Waals surface area contributed by atoms with E-state index in [0.29, 0.717) is 0 Å². The molecule has 1 aromatic carbocycles. The fourth-order valence-corrected chi connectivity index (χ4v) is 4.86. The van der Waals surface area contributed by atoms with Crippen LogP contribution in [0.15, 0.2) is 22.0 Å². The molecule has 25 heavy (non-hydrogen) atoms. The number of benzene rings is 1. The lowest BCUT2D eigenvalue weighted by atomic mass is 10.1. The van der Waals surface area contributed by atoms with Crippen LogP contribution in [0.1, 0.15) is 51.0 Å². The van der Waals surface area contributed by atoms with Crippen molar-refractivity contribution in [3.63, 3.8) is 0 Å². The Morgan fingerprint density at radius 3 is 2.60 bits per heavy atom. The van der Waals surface area contributed by atoms with Gasteiger partial charge in [0.2, 0.25) is 0 Å². The summed E-state index contributed by atoms with van der Waals surface area (Å²) >= 11 is 6.66. The largest absolute Gasteiger partial charge is 0.493 e. The molecule has 3 rings (SSSR count). The summed E-state index contributed by atoms with van der Waals surface area (Å²) in [6.07, 6.45) is 7.58. The zero-order chi connectivity index (χ0) is 17.6. The van der Waals surface area contributed by atoms with Crippen LogP contribution in [0.3, 0.4) is 0 Å². The number of ether oxygens (including phenoxy) is 1. The number of nitrogens with zero attached hydrogens (tertiary/aromatic N) is 2. The minimum absolute atomic E-state index is 0.751. The molecule has 0 N–H and O–H groups in total. The molecule has 0 atom stereocenters. The summed E-state index contributed by atoms with van der Waals surface area (Å²) in [5, 5.41) is 2.09. The van der Waals surface area contributed by atoms with Gasteiger partial charge in [-0.25, -0.2) is 0 Å². The quantitative estimate of drug-likeness (QED) is 0.330. The van der Waals surface area contributed by atoms with Crippen LogP contribution in [0.4, 0.5) is 0 Å². The summed E-state index contributed by atoms with van der Waals surface area (Å²) in [5.74, 6) is 0.947. The van der Waals surface area contributed by atoms with Crippen molar-refractivity contribution in [3.05, 3.63) is 27.5 Å². The molecule has 3 nitrogen and oxygen atoms in total. The molecular formula is C19H23BrN2OS2. The number of hydrogen-bond donors (Lipinski definition) is 0. The fourth-order valence-electron chi connectivity index (χ4n) is 2.96. The van der Waals surface area contributed by atoms with Crippen molar-refractivity contribution in [2.45, 2.75) is 52.4 Å². The fraction of sp³-hybridized carbons (Fsp3) is 0.474. The topological polar surface area (TPSA) is 35.0 Å². The molecular weight excluding hydrogens is 416 g/mol. The smallest absolute Gasteiger partial charge is 0.134 e. The van der Waals surface area contributed by atoms with Gasteiger partial charge in [-0.2, -0.15) is 8.75 Å². The average molecular weight is 439 g/mol. The molecule has 0 amide bonds. The van der Waals surface area contributed by atoms with Gasteiger partial charge in [-0.05, 0) is 40.7 Å². The van der Waals surface area contributed by atoms with Crippen LogP contribution in [0.5, 0.6) is 5.75 Å². The zero-order valence-electron chi connectivity index (χ0n) is 14.7. The maximum absolute atomic E-state index is 6.27. The van der Waals surface area contributed by atoms with Crippen molar-refractivity contribution < 1.29 is 4.74 Å². The van der Waals surface area contributed by atoms with Crippen LogP contribution in [-0.2, 0) is 0 Å². The molecule has 0 saturated heterocycles. The Bertz CT molecular complexity index is 815. The van der Waals surface area contributed by atoms with Crippen LogP contribution < -0.4 is 4.74 Å². The van der Waals surface area contributed by atoms with Gasteiger partial charge in [0.1, 0.15) is 16.8 Å². The van der Waals surface area contributed by atoms with Gasteiger partial charge >= 0.3 is 0 Å². The standard InChI is InChI=1S/C19H23BrN2OS2/c1-3-4-5-6-7-8-11-23-19-13(2)16(20)18-17(21-25-22-18)15(19)14-10-9-12-24-14/h9-10,12H,3-8,11H2,1-2H3. The molecule has 0 radical (unpaired) electrons. The predicted molar refractivity (Wildman–Crippen MR) is 112 cm³/mol. The van der Waals surface area contributed by atoms with Crippen molar-refractivity contribution in [1.29, 1.82) is 0 Å². The van der Waals surface area contributed by atoms with Crippen molar-refractivity contribution in [3.8, 4) is 16.2 Å². The third-order valence-corrected chi connectivity index (χ3v) is 6.73. The van der Waals surface area contributed by atoms with E-state index in [2.05, 4.69) is 56.0 Å². The van der Waals surface area contributed by atoms with Crippen LogP contribution in [0.2, 0.25) is 0 Å². The Hall–Kier alpha value is -0.980. The Morgan fingerprint density at radius 2 is 1.84 bits per heavy atom. The lowest BCUT2D eigenvalue weighted by Crippen LogP contribution is -2.02. The van der Waals surface area contributed by atoms with Crippen LogP contribution in [0.25, 0.3) is 21.5 Å². The molecule has 134 valence electrons. The molecule has 6 heteroatoms. The highest BCUT2D eigenvalue weighted by molar-refractivity contribution is 9.10. The third kappa shape index (κ3) is 4.23. The van der Waals surface area contributed by atoms with Crippen LogP contribution in [0, 0.1) is 6.92 Å². The van der Waals surface area contributed by atoms with E-state index in [0.717, 1.165) is 45.4 Å². The first-order chi connectivity index (χ1) is 12.2. The molecule has 2 heterocycles. The molecule has 0 fully saturated rings. The Balaban J connectivity index is 1.81. The summed E-state index contributed by atoms with van der Waals surface area (Å²) in [6.45, 7) is 5.09. The highest BCUT2D eigenvalue weighted by atomic mass is 79.9. The van der Waals surface area contributed by atoms with Gasteiger partial charge in [0.15, 0.2) is 0 Å². The lowest BCUT2D eigenvalue weighted by molar-refractivity contribution is 0.304. The number of unbranched alkanes of at least 4 members (excludes halogenated alkanes) is 5. The van der Waals surface area contributed by atoms with E-state index in [4.69, 9.17) is 4.74 Å². The normalized spacial score (nSPS) is 11.3. The third-order valence-electron chi connectivity index (χ3n) is 4.34. The summed E-state index contributed by atoms with van der Waals surface area (Å²) in [7, 11) is 0. The summed E-state index contributed by atoms with van der Waals surface area (Å²) in [5.41, 5.74) is 4.06. The summed E-state index contributed by atoms with van der Waals surface area (Å²) in [6, 6.07) is 4.20. The molecule has 0 unspecified atom stereocenters. The molecule has 0 aliphatic carbocycles. The van der Waals surface area contributed by atoms with Gasteiger partial charge in [0.25, 0.3) is 0 Å². The minimum Gasteiger partial charge on any atom is -0.493 e. The minimum atomic E-state index is 0.751. The Kier molecular flexibility index (Phi) is 6.84. The Morgan fingerprint density at radius 1 is 1.08 bits per heavy atom. The second-order valence-electron chi connectivity index (χ2n) is 6.20. The van der Waals surface area contributed by atoms with Gasteiger partial charge in [-0.15, -0.1) is 11.3 Å². The van der Waals surface area contributed by atoms with E-state index in [1.807, 2.05) is 0 Å². The zero-order valence-corrected chi connectivity index (χ0v) is 17.9. The van der Waals surface area contributed by atoms with E-state index in [9.17, 15) is 0 Å². The molecule has 2 aromatic heterocycles. The SMILES string of the molecule is CCCCCCCCOc1c(C)c(Br)c2nsnc2c1-c1cccs1. The van der Waals surface area contributed by atoms with Crippen molar-refractivity contribution >= 4 is 50.0 Å². The van der Waals surface area contributed by atoms with Crippen molar-refractivity contribution in [1.82, 2.24) is 8.75 Å².